The molecule has 0 bridgehead atoms. The van der Waals surface area contributed by atoms with Crippen LogP contribution in [0, 0.1) is 0 Å². The molecular weight excluding hydrogens is 222 g/mol. The van der Waals surface area contributed by atoms with E-state index in [4.69, 9.17) is 0 Å². The maximum Gasteiger partial charge on any atom is 0.0664 e. The fraction of sp³-hybridized carbons (Fsp3) is 1.00. The second-order valence-electron chi connectivity index (χ2n) is 6.51. The first kappa shape index (κ1) is 14.3. The van der Waals surface area contributed by atoms with Gasteiger partial charge in [0.25, 0.3) is 0 Å². The van der Waals surface area contributed by atoms with E-state index in [1.54, 1.807) is 0 Å². The minimum Gasteiger partial charge on any atom is -0.392 e. The Morgan fingerprint density at radius 3 is 1.50 bits per heavy atom. The molecule has 0 amide bonds. The molecule has 0 aliphatic heterocycles. The SMILES string of the molecule is CC(O)C(C)N(C1CCCCC1)C1CCCCC1. The van der Waals surface area contributed by atoms with Crippen molar-refractivity contribution in [1.29, 1.82) is 0 Å². The first-order valence-electron chi connectivity index (χ1n) is 8.15. The number of hydrogen-bond acceptors (Lipinski definition) is 2. The summed E-state index contributed by atoms with van der Waals surface area (Å²) < 4.78 is 0. The molecule has 0 spiro atoms. The van der Waals surface area contributed by atoms with E-state index >= 15 is 0 Å². The van der Waals surface area contributed by atoms with E-state index in [-0.39, 0.29) is 6.10 Å². The fourth-order valence-electron chi connectivity index (χ4n) is 3.97. The van der Waals surface area contributed by atoms with Crippen molar-refractivity contribution in [3.63, 3.8) is 0 Å². The van der Waals surface area contributed by atoms with Gasteiger partial charge < -0.3 is 5.11 Å². The fourth-order valence-corrected chi connectivity index (χ4v) is 3.97. The minimum atomic E-state index is -0.200. The third-order valence-corrected chi connectivity index (χ3v) is 5.16. The van der Waals surface area contributed by atoms with Crippen LogP contribution < -0.4 is 0 Å². The highest BCUT2D eigenvalue weighted by Crippen LogP contribution is 2.32. The van der Waals surface area contributed by atoms with Gasteiger partial charge in [0.05, 0.1) is 6.10 Å². The lowest BCUT2D eigenvalue weighted by molar-refractivity contribution is -0.0101. The van der Waals surface area contributed by atoms with Gasteiger partial charge >= 0.3 is 0 Å². The Morgan fingerprint density at radius 1 is 0.778 bits per heavy atom. The Hall–Kier alpha value is -0.0800. The van der Waals surface area contributed by atoms with E-state index in [0.29, 0.717) is 6.04 Å². The Balaban J connectivity index is 2.05. The molecule has 2 fully saturated rings. The van der Waals surface area contributed by atoms with Crippen molar-refractivity contribution in [2.45, 2.75) is 102 Å². The lowest BCUT2D eigenvalue weighted by Crippen LogP contribution is -2.53. The summed E-state index contributed by atoms with van der Waals surface area (Å²) in [4.78, 5) is 2.71. The summed E-state index contributed by atoms with van der Waals surface area (Å²) in [6, 6.07) is 1.81. The van der Waals surface area contributed by atoms with Gasteiger partial charge in [-0.3, -0.25) is 4.90 Å². The highest BCUT2D eigenvalue weighted by atomic mass is 16.3. The van der Waals surface area contributed by atoms with Crippen molar-refractivity contribution in [1.82, 2.24) is 4.90 Å². The predicted octanol–water partition coefficient (Wildman–Crippen LogP) is 3.72. The monoisotopic (exact) mass is 253 g/mol. The van der Waals surface area contributed by atoms with Gasteiger partial charge in [-0.2, -0.15) is 0 Å². The maximum atomic E-state index is 10.0. The number of aliphatic hydroxyl groups is 1. The van der Waals surface area contributed by atoms with Crippen LogP contribution in [0.2, 0.25) is 0 Å². The first-order chi connectivity index (χ1) is 8.70. The van der Waals surface area contributed by atoms with Gasteiger partial charge in [-0.15, -0.1) is 0 Å². The van der Waals surface area contributed by atoms with Gasteiger partial charge in [-0.05, 0) is 39.5 Å². The summed E-state index contributed by atoms with van der Waals surface area (Å²) in [7, 11) is 0. The van der Waals surface area contributed by atoms with Crippen LogP contribution in [0.1, 0.15) is 78.1 Å². The summed E-state index contributed by atoms with van der Waals surface area (Å²) in [6.45, 7) is 4.19. The van der Waals surface area contributed by atoms with E-state index in [1.807, 2.05) is 6.92 Å². The molecule has 18 heavy (non-hydrogen) atoms. The van der Waals surface area contributed by atoms with Crippen LogP contribution in [0.4, 0.5) is 0 Å². The number of hydrogen-bond donors (Lipinski definition) is 1. The molecule has 0 radical (unpaired) electrons. The van der Waals surface area contributed by atoms with Crippen molar-refractivity contribution < 1.29 is 5.11 Å². The van der Waals surface area contributed by atoms with E-state index in [0.717, 1.165) is 12.1 Å². The first-order valence-corrected chi connectivity index (χ1v) is 8.15. The zero-order chi connectivity index (χ0) is 13.0. The number of rotatable bonds is 4. The largest absolute Gasteiger partial charge is 0.392 e. The molecule has 2 heteroatoms. The molecule has 2 nitrogen and oxygen atoms in total. The van der Waals surface area contributed by atoms with Crippen LogP contribution in [0.25, 0.3) is 0 Å². The van der Waals surface area contributed by atoms with Crippen LogP contribution in [0.3, 0.4) is 0 Å². The molecule has 2 aliphatic rings. The Morgan fingerprint density at radius 2 is 1.17 bits per heavy atom. The van der Waals surface area contributed by atoms with Crippen LogP contribution in [-0.4, -0.2) is 34.2 Å². The van der Waals surface area contributed by atoms with Gasteiger partial charge in [0.1, 0.15) is 0 Å². The summed E-state index contributed by atoms with van der Waals surface area (Å²) in [5, 5.41) is 10.0. The Kier molecular flexibility index (Phi) is 5.50. The van der Waals surface area contributed by atoms with E-state index < -0.39 is 0 Å². The predicted molar refractivity (Wildman–Crippen MR) is 76.7 cm³/mol. The molecule has 2 rings (SSSR count). The van der Waals surface area contributed by atoms with Gasteiger partial charge in [-0.1, -0.05) is 38.5 Å². The van der Waals surface area contributed by atoms with Crippen molar-refractivity contribution in [2.24, 2.45) is 0 Å². The van der Waals surface area contributed by atoms with Crippen LogP contribution in [0.15, 0.2) is 0 Å². The second kappa shape index (κ2) is 6.91. The molecule has 0 saturated heterocycles. The molecule has 0 aromatic heterocycles. The smallest absolute Gasteiger partial charge is 0.0664 e. The lowest BCUT2D eigenvalue weighted by atomic mass is 9.87. The average molecular weight is 253 g/mol. The molecule has 0 heterocycles. The summed E-state index contributed by atoms with van der Waals surface area (Å²) in [6.07, 6.45) is 13.6. The molecule has 0 aromatic carbocycles. The molecule has 1 N–H and O–H groups in total. The normalized spacial score (nSPS) is 27.3. The quantitative estimate of drug-likeness (QED) is 0.825. The number of nitrogens with zero attached hydrogens (tertiary/aromatic N) is 1. The zero-order valence-corrected chi connectivity index (χ0v) is 12.3. The van der Waals surface area contributed by atoms with Crippen molar-refractivity contribution in [3.8, 4) is 0 Å². The molecule has 106 valence electrons. The molecule has 2 saturated carbocycles. The van der Waals surface area contributed by atoms with Gasteiger partial charge in [0.15, 0.2) is 0 Å². The van der Waals surface area contributed by atoms with Crippen LogP contribution in [-0.2, 0) is 0 Å². The Labute approximate surface area is 113 Å². The second-order valence-corrected chi connectivity index (χ2v) is 6.51. The number of aliphatic hydroxyl groups excluding tert-OH is 1. The topological polar surface area (TPSA) is 23.5 Å². The molecule has 2 atom stereocenters. The summed E-state index contributed by atoms with van der Waals surface area (Å²) >= 11 is 0. The molecule has 2 unspecified atom stereocenters. The van der Waals surface area contributed by atoms with Gasteiger partial charge in [-0.25, -0.2) is 0 Å². The van der Waals surface area contributed by atoms with Crippen molar-refractivity contribution in [2.75, 3.05) is 0 Å². The van der Waals surface area contributed by atoms with Crippen molar-refractivity contribution >= 4 is 0 Å². The molecular formula is C16H31NO. The van der Waals surface area contributed by atoms with E-state index in [9.17, 15) is 5.11 Å². The minimum absolute atomic E-state index is 0.200. The maximum absolute atomic E-state index is 10.0. The average Bonchev–Trinajstić information content (AvgIpc) is 2.41. The summed E-state index contributed by atoms with van der Waals surface area (Å²) in [5.41, 5.74) is 0. The van der Waals surface area contributed by atoms with Crippen LogP contribution >= 0.6 is 0 Å². The lowest BCUT2D eigenvalue weighted by Gasteiger charge is -2.46. The highest BCUT2D eigenvalue weighted by Gasteiger charge is 2.33. The molecule has 2 aliphatic carbocycles. The standard InChI is InChI=1S/C16H31NO/c1-13(14(2)18)17(15-9-5-3-6-10-15)16-11-7-4-8-12-16/h13-16,18H,3-12H2,1-2H3. The van der Waals surface area contributed by atoms with E-state index in [2.05, 4.69) is 11.8 Å². The van der Waals surface area contributed by atoms with E-state index in [1.165, 1.54) is 64.2 Å². The van der Waals surface area contributed by atoms with Gasteiger partial charge in [0, 0.05) is 18.1 Å². The summed E-state index contributed by atoms with van der Waals surface area (Å²) in [5.74, 6) is 0. The Bertz CT molecular complexity index is 211. The highest BCUT2D eigenvalue weighted by molar-refractivity contribution is 4.88. The molecule has 0 aromatic rings. The van der Waals surface area contributed by atoms with Gasteiger partial charge in [0.2, 0.25) is 0 Å². The zero-order valence-electron chi connectivity index (χ0n) is 12.3. The van der Waals surface area contributed by atoms with Crippen LogP contribution in [0.5, 0.6) is 0 Å². The third kappa shape index (κ3) is 3.48. The van der Waals surface area contributed by atoms with Crippen molar-refractivity contribution in [3.05, 3.63) is 0 Å². The third-order valence-electron chi connectivity index (χ3n) is 5.16.